The molecule has 5 nitrogen and oxygen atoms in total. The van der Waals surface area contributed by atoms with Gasteiger partial charge in [-0.1, -0.05) is 0 Å². The molecule has 2 N–H and O–H groups in total. The molecule has 1 aliphatic heterocycles. The predicted octanol–water partition coefficient (Wildman–Crippen LogP) is 0.734. The van der Waals surface area contributed by atoms with Gasteiger partial charge >= 0.3 is 0 Å². The van der Waals surface area contributed by atoms with Crippen LogP contribution in [0.3, 0.4) is 0 Å². The van der Waals surface area contributed by atoms with Crippen LogP contribution in [0.2, 0.25) is 0 Å². The van der Waals surface area contributed by atoms with Gasteiger partial charge in [0, 0.05) is 19.6 Å². The van der Waals surface area contributed by atoms with Crippen molar-refractivity contribution in [3.63, 3.8) is 0 Å². The minimum absolute atomic E-state index is 0.0824. The first kappa shape index (κ1) is 14.2. The number of benzene rings is 1. The van der Waals surface area contributed by atoms with E-state index in [4.69, 9.17) is 5.73 Å². The fourth-order valence-electron chi connectivity index (χ4n) is 2.13. The van der Waals surface area contributed by atoms with Crippen LogP contribution in [0.1, 0.15) is 6.42 Å². The lowest BCUT2D eigenvalue weighted by Crippen LogP contribution is -2.34. The molecule has 0 saturated carbocycles. The molecule has 0 atom stereocenters. The molecule has 1 aliphatic rings. The molecule has 0 radical (unpaired) electrons. The number of hydrogen-bond donors (Lipinski definition) is 1. The summed E-state index contributed by atoms with van der Waals surface area (Å²) in [6.07, 6.45) is 0.755. The Hall–Kier alpha value is -1.18. The van der Waals surface area contributed by atoms with Crippen LogP contribution >= 0.6 is 0 Å². The van der Waals surface area contributed by atoms with Gasteiger partial charge < -0.3 is 10.6 Å². The van der Waals surface area contributed by atoms with Crippen molar-refractivity contribution in [1.82, 2.24) is 9.21 Å². The van der Waals surface area contributed by atoms with Crippen LogP contribution in [0.15, 0.2) is 23.1 Å². The van der Waals surface area contributed by atoms with E-state index in [-0.39, 0.29) is 10.6 Å². The third-order valence-corrected chi connectivity index (χ3v) is 5.23. The third-order valence-electron chi connectivity index (χ3n) is 3.27. The second-order valence-electron chi connectivity index (χ2n) is 4.74. The Balaban J connectivity index is 2.33. The number of rotatable bonds is 2. The average Bonchev–Trinajstić information content (AvgIpc) is 2.57. The zero-order valence-corrected chi connectivity index (χ0v) is 11.7. The van der Waals surface area contributed by atoms with Crippen molar-refractivity contribution in [2.24, 2.45) is 0 Å². The predicted molar refractivity (Wildman–Crippen MR) is 71.7 cm³/mol. The molecule has 0 aromatic heterocycles. The van der Waals surface area contributed by atoms with E-state index in [9.17, 15) is 12.8 Å². The Labute approximate surface area is 112 Å². The molecule has 1 saturated heterocycles. The van der Waals surface area contributed by atoms with Crippen LogP contribution in [0, 0.1) is 5.82 Å². The number of sulfonamides is 1. The van der Waals surface area contributed by atoms with Crippen molar-refractivity contribution in [3.05, 3.63) is 24.0 Å². The molecule has 19 heavy (non-hydrogen) atoms. The fourth-order valence-corrected chi connectivity index (χ4v) is 3.73. The van der Waals surface area contributed by atoms with Crippen molar-refractivity contribution in [2.75, 3.05) is 39.0 Å². The highest BCUT2D eigenvalue weighted by atomic mass is 32.2. The van der Waals surface area contributed by atoms with E-state index in [1.165, 1.54) is 10.4 Å². The van der Waals surface area contributed by atoms with Gasteiger partial charge in [0.15, 0.2) is 0 Å². The normalized spacial score (nSPS) is 19.3. The van der Waals surface area contributed by atoms with Crippen molar-refractivity contribution in [3.8, 4) is 0 Å². The lowest BCUT2D eigenvalue weighted by molar-refractivity contribution is 0.347. The lowest BCUT2D eigenvalue weighted by atomic mass is 10.3. The van der Waals surface area contributed by atoms with Crippen LogP contribution in [-0.2, 0) is 10.0 Å². The summed E-state index contributed by atoms with van der Waals surface area (Å²) in [4.78, 5) is 1.93. The van der Waals surface area contributed by atoms with Gasteiger partial charge in [-0.2, -0.15) is 4.31 Å². The Morgan fingerprint density at radius 1 is 1.21 bits per heavy atom. The Kier molecular flexibility index (Phi) is 4.07. The first-order chi connectivity index (χ1) is 8.91. The van der Waals surface area contributed by atoms with Crippen molar-refractivity contribution in [2.45, 2.75) is 11.3 Å². The third kappa shape index (κ3) is 3.05. The molecule has 106 valence electrons. The maximum atomic E-state index is 13.2. The van der Waals surface area contributed by atoms with Crippen LogP contribution < -0.4 is 5.73 Å². The van der Waals surface area contributed by atoms with Gasteiger partial charge in [-0.25, -0.2) is 12.8 Å². The molecule has 0 unspecified atom stereocenters. The number of anilines is 1. The van der Waals surface area contributed by atoms with E-state index in [2.05, 4.69) is 4.90 Å². The van der Waals surface area contributed by atoms with Gasteiger partial charge in [0.05, 0.1) is 5.69 Å². The maximum Gasteiger partial charge on any atom is 0.245 e. The van der Waals surface area contributed by atoms with Crippen molar-refractivity contribution >= 4 is 15.7 Å². The monoisotopic (exact) mass is 287 g/mol. The minimum Gasteiger partial charge on any atom is -0.398 e. The molecule has 1 aromatic carbocycles. The largest absolute Gasteiger partial charge is 0.398 e. The summed E-state index contributed by atoms with van der Waals surface area (Å²) in [5, 5.41) is 0. The summed E-state index contributed by atoms with van der Waals surface area (Å²) in [6, 6.07) is 3.43. The number of hydrogen-bond acceptors (Lipinski definition) is 4. The molecule has 0 amide bonds. The Morgan fingerprint density at radius 2 is 1.95 bits per heavy atom. The molecule has 0 bridgehead atoms. The molecule has 1 fully saturated rings. The van der Waals surface area contributed by atoms with Crippen LogP contribution in [0.4, 0.5) is 10.1 Å². The number of nitrogens with two attached hydrogens (primary N) is 1. The molecule has 0 aliphatic carbocycles. The quantitative estimate of drug-likeness (QED) is 0.815. The van der Waals surface area contributed by atoms with E-state index in [1.54, 1.807) is 0 Å². The number of nitrogen functional groups attached to an aromatic ring is 1. The fraction of sp³-hybridized carbons (Fsp3) is 0.500. The smallest absolute Gasteiger partial charge is 0.245 e. The van der Waals surface area contributed by atoms with Crippen molar-refractivity contribution < 1.29 is 12.8 Å². The average molecular weight is 287 g/mol. The topological polar surface area (TPSA) is 66.6 Å². The number of halogens is 1. The number of nitrogens with zero attached hydrogens (tertiary/aromatic N) is 2. The number of likely N-dealkylation sites (N-methyl/N-ethyl adjacent to an activating group) is 1. The molecular weight excluding hydrogens is 269 g/mol. The van der Waals surface area contributed by atoms with Gasteiger partial charge in [-0.15, -0.1) is 0 Å². The minimum atomic E-state index is -3.72. The van der Waals surface area contributed by atoms with Crippen LogP contribution in [0.25, 0.3) is 0 Å². The maximum absolute atomic E-state index is 13.2. The second kappa shape index (κ2) is 5.44. The molecular formula is C12H18FN3O2S. The molecule has 0 spiro atoms. The van der Waals surface area contributed by atoms with Gasteiger partial charge in [0.2, 0.25) is 10.0 Å². The first-order valence-electron chi connectivity index (χ1n) is 6.15. The van der Waals surface area contributed by atoms with Crippen molar-refractivity contribution in [1.29, 1.82) is 0 Å². The van der Waals surface area contributed by atoms with Gasteiger partial charge in [0.25, 0.3) is 0 Å². The second-order valence-corrected chi connectivity index (χ2v) is 6.65. The zero-order valence-electron chi connectivity index (χ0n) is 10.8. The van der Waals surface area contributed by atoms with Gasteiger partial charge in [-0.05, 0) is 38.2 Å². The van der Waals surface area contributed by atoms with E-state index in [0.29, 0.717) is 19.6 Å². The summed E-state index contributed by atoms with van der Waals surface area (Å²) < 4.78 is 39.6. The molecule has 1 heterocycles. The van der Waals surface area contributed by atoms with E-state index < -0.39 is 15.8 Å². The van der Waals surface area contributed by atoms with Gasteiger partial charge in [-0.3, -0.25) is 0 Å². The highest BCUT2D eigenvalue weighted by Gasteiger charge is 2.28. The van der Waals surface area contributed by atoms with E-state index in [1.807, 2.05) is 7.05 Å². The zero-order chi connectivity index (χ0) is 14.0. The molecule has 1 aromatic rings. The van der Waals surface area contributed by atoms with Gasteiger partial charge in [0.1, 0.15) is 10.7 Å². The summed E-state index contributed by atoms with van der Waals surface area (Å²) in [7, 11) is -1.77. The SMILES string of the molecule is CN1CCCN(S(=O)(=O)c2cc(F)ccc2N)CC1. The first-order valence-corrected chi connectivity index (χ1v) is 7.59. The summed E-state index contributed by atoms with van der Waals surface area (Å²) in [5.41, 5.74) is 5.75. The van der Waals surface area contributed by atoms with Crippen LogP contribution in [0.5, 0.6) is 0 Å². The summed E-state index contributed by atoms with van der Waals surface area (Å²) in [5.74, 6) is -0.597. The summed E-state index contributed by atoms with van der Waals surface area (Å²) >= 11 is 0. The molecule has 2 rings (SSSR count). The summed E-state index contributed by atoms with van der Waals surface area (Å²) in [6.45, 7) is 2.34. The standard InChI is InChI=1S/C12H18FN3O2S/c1-15-5-2-6-16(8-7-15)19(17,18)12-9-10(13)3-4-11(12)14/h3-4,9H,2,5-8,14H2,1H3. The lowest BCUT2D eigenvalue weighted by Gasteiger charge is -2.21. The van der Waals surface area contributed by atoms with E-state index >= 15 is 0 Å². The molecule has 7 heteroatoms. The Morgan fingerprint density at radius 3 is 2.68 bits per heavy atom. The Bertz CT molecular complexity index is 562. The highest BCUT2D eigenvalue weighted by Crippen LogP contribution is 2.24. The van der Waals surface area contributed by atoms with E-state index in [0.717, 1.165) is 25.1 Å². The highest BCUT2D eigenvalue weighted by molar-refractivity contribution is 7.89. The van der Waals surface area contributed by atoms with Crippen LogP contribution in [-0.4, -0.2) is 50.8 Å².